The molecule has 0 unspecified atom stereocenters. The molecule has 0 saturated heterocycles. The quantitative estimate of drug-likeness (QED) is 0.411. The highest BCUT2D eigenvalue weighted by Gasteiger charge is 2.14. The molecule has 4 rings (SSSR count). The Hall–Kier alpha value is -3.38. The van der Waals surface area contributed by atoms with E-state index < -0.39 is 0 Å². The zero-order chi connectivity index (χ0) is 21.6. The fourth-order valence-electron chi connectivity index (χ4n) is 3.36. The number of para-hydroxylation sites is 1. The van der Waals surface area contributed by atoms with Crippen molar-refractivity contribution in [3.63, 3.8) is 0 Å². The summed E-state index contributed by atoms with van der Waals surface area (Å²) in [6.45, 7) is 3.97. The van der Waals surface area contributed by atoms with Crippen LogP contribution >= 0.6 is 11.8 Å². The van der Waals surface area contributed by atoms with E-state index in [1.807, 2.05) is 66.1 Å². The van der Waals surface area contributed by atoms with Crippen molar-refractivity contribution >= 4 is 23.4 Å². The maximum atomic E-state index is 12.7. The molecule has 1 N–H and O–H groups in total. The third-order valence-corrected chi connectivity index (χ3v) is 5.88. The van der Waals surface area contributed by atoms with Crippen LogP contribution in [0.2, 0.25) is 0 Å². The summed E-state index contributed by atoms with van der Waals surface area (Å²) in [5.74, 6) is 0.977. The third kappa shape index (κ3) is 5.22. The van der Waals surface area contributed by atoms with Crippen molar-refractivity contribution in [3.05, 3.63) is 101 Å². The Morgan fingerprint density at radius 2 is 1.61 bits per heavy atom. The molecule has 3 aromatic carbocycles. The Morgan fingerprint density at radius 1 is 0.903 bits per heavy atom. The molecule has 0 bridgehead atoms. The fourth-order valence-corrected chi connectivity index (χ4v) is 4.15. The number of aryl methyl sites for hydroxylation is 2. The summed E-state index contributed by atoms with van der Waals surface area (Å²) < 4.78 is 1.97. The molecule has 1 heterocycles. The predicted octanol–water partition coefficient (Wildman–Crippen LogP) is 5.21. The zero-order valence-electron chi connectivity index (χ0n) is 17.6. The lowest BCUT2D eigenvalue weighted by Gasteiger charge is -2.12. The van der Waals surface area contributed by atoms with Gasteiger partial charge < -0.3 is 5.32 Å². The minimum absolute atomic E-state index is 0.0679. The standard InChI is InChI=1S/C25H24N4OS/c1-18-12-14-22(15-13-18)29-19(2)27-28-25(29)31-17-24(30)26-23-11-7-6-10-21(23)16-20-8-4-3-5-9-20/h3-15H,16-17H2,1-2H3,(H,26,30). The summed E-state index contributed by atoms with van der Waals surface area (Å²) >= 11 is 1.38. The molecule has 0 aliphatic carbocycles. The Labute approximate surface area is 186 Å². The lowest BCUT2D eigenvalue weighted by atomic mass is 10.0. The van der Waals surface area contributed by atoms with Crippen molar-refractivity contribution in [1.82, 2.24) is 14.8 Å². The van der Waals surface area contributed by atoms with Gasteiger partial charge in [-0.1, -0.05) is 78.0 Å². The number of aromatic nitrogens is 3. The van der Waals surface area contributed by atoms with Gasteiger partial charge in [0.15, 0.2) is 5.16 Å². The first-order chi connectivity index (χ1) is 15.1. The van der Waals surface area contributed by atoms with E-state index in [1.165, 1.54) is 22.9 Å². The van der Waals surface area contributed by atoms with E-state index in [0.29, 0.717) is 5.16 Å². The maximum Gasteiger partial charge on any atom is 0.234 e. The summed E-state index contributed by atoms with van der Waals surface area (Å²) in [5, 5.41) is 12.2. The summed E-state index contributed by atoms with van der Waals surface area (Å²) in [6, 6.07) is 26.4. The van der Waals surface area contributed by atoms with Crippen LogP contribution in [0.3, 0.4) is 0 Å². The van der Waals surface area contributed by atoms with E-state index in [1.54, 1.807) is 0 Å². The topological polar surface area (TPSA) is 59.8 Å². The molecule has 31 heavy (non-hydrogen) atoms. The Balaban J connectivity index is 1.44. The van der Waals surface area contributed by atoms with Crippen molar-refractivity contribution in [1.29, 1.82) is 0 Å². The molecular weight excluding hydrogens is 404 g/mol. The van der Waals surface area contributed by atoms with Crippen LogP contribution in [-0.2, 0) is 11.2 Å². The highest BCUT2D eigenvalue weighted by molar-refractivity contribution is 7.99. The van der Waals surface area contributed by atoms with Gasteiger partial charge in [0, 0.05) is 11.4 Å². The number of anilines is 1. The number of carbonyl (C=O) groups excluding carboxylic acids is 1. The lowest BCUT2D eigenvalue weighted by molar-refractivity contribution is -0.113. The molecular formula is C25H24N4OS. The smallest absolute Gasteiger partial charge is 0.234 e. The molecule has 0 fully saturated rings. The molecule has 0 atom stereocenters. The molecule has 1 amide bonds. The van der Waals surface area contributed by atoms with Gasteiger partial charge in [0.1, 0.15) is 5.82 Å². The second-order valence-corrected chi connectivity index (χ2v) is 8.30. The lowest BCUT2D eigenvalue weighted by Crippen LogP contribution is -2.16. The molecule has 0 aliphatic heterocycles. The normalized spacial score (nSPS) is 10.8. The molecule has 156 valence electrons. The first-order valence-electron chi connectivity index (χ1n) is 10.1. The number of benzene rings is 3. The second-order valence-electron chi connectivity index (χ2n) is 7.36. The van der Waals surface area contributed by atoms with Crippen molar-refractivity contribution in [3.8, 4) is 5.69 Å². The van der Waals surface area contributed by atoms with Gasteiger partial charge >= 0.3 is 0 Å². The predicted molar refractivity (Wildman–Crippen MR) is 126 cm³/mol. The van der Waals surface area contributed by atoms with Gasteiger partial charge in [0.25, 0.3) is 0 Å². The summed E-state index contributed by atoms with van der Waals surface area (Å²) in [4.78, 5) is 12.7. The van der Waals surface area contributed by atoms with Crippen LogP contribution in [-0.4, -0.2) is 26.4 Å². The largest absolute Gasteiger partial charge is 0.325 e. The first kappa shape index (κ1) is 20.9. The minimum atomic E-state index is -0.0679. The summed E-state index contributed by atoms with van der Waals surface area (Å²) in [6.07, 6.45) is 0.769. The van der Waals surface area contributed by atoms with Gasteiger partial charge in [0.05, 0.1) is 5.75 Å². The maximum absolute atomic E-state index is 12.7. The monoisotopic (exact) mass is 428 g/mol. The van der Waals surface area contributed by atoms with Gasteiger partial charge in [-0.05, 0) is 49.6 Å². The van der Waals surface area contributed by atoms with Crippen LogP contribution in [0, 0.1) is 13.8 Å². The average Bonchev–Trinajstić information content (AvgIpc) is 3.15. The average molecular weight is 429 g/mol. The van der Waals surface area contributed by atoms with E-state index in [-0.39, 0.29) is 11.7 Å². The number of hydrogen-bond acceptors (Lipinski definition) is 4. The molecule has 1 aromatic heterocycles. The van der Waals surface area contributed by atoms with Crippen LogP contribution in [0.4, 0.5) is 5.69 Å². The molecule has 0 aliphatic rings. The zero-order valence-corrected chi connectivity index (χ0v) is 18.4. The van der Waals surface area contributed by atoms with Crippen LogP contribution in [0.15, 0.2) is 84.0 Å². The van der Waals surface area contributed by atoms with Crippen LogP contribution in [0.25, 0.3) is 5.69 Å². The SMILES string of the molecule is Cc1ccc(-n2c(C)nnc2SCC(=O)Nc2ccccc2Cc2ccccc2)cc1. The molecule has 0 saturated carbocycles. The Kier molecular flexibility index (Phi) is 6.48. The number of rotatable bonds is 7. The van der Waals surface area contributed by atoms with Gasteiger partial charge in [-0.25, -0.2) is 0 Å². The highest BCUT2D eigenvalue weighted by Crippen LogP contribution is 2.23. The number of hydrogen-bond donors (Lipinski definition) is 1. The Bertz CT molecular complexity index is 1170. The molecule has 4 aromatic rings. The fraction of sp³-hybridized carbons (Fsp3) is 0.160. The highest BCUT2D eigenvalue weighted by atomic mass is 32.2. The van der Waals surface area contributed by atoms with E-state index in [2.05, 4.69) is 46.7 Å². The molecule has 0 spiro atoms. The Morgan fingerprint density at radius 3 is 2.39 bits per heavy atom. The van der Waals surface area contributed by atoms with Crippen LogP contribution in [0.5, 0.6) is 0 Å². The van der Waals surface area contributed by atoms with E-state index in [9.17, 15) is 4.79 Å². The number of thioether (sulfide) groups is 1. The van der Waals surface area contributed by atoms with Crippen molar-refractivity contribution in [2.24, 2.45) is 0 Å². The van der Waals surface area contributed by atoms with Crippen LogP contribution < -0.4 is 5.32 Å². The summed E-state index contributed by atoms with van der Waals surface area (Å²) in [7, 11) is 0. The van der Waals surface area contributed by atoms with Crippen molar-refractivity contribution in [2.45, 2.75) is 25.4 Å². The molecule has 6 heteroatoms. The summed E-state index contributed by atoms with van der Waals surface area (Å²) in [5.41, 5.74) is 5.32. The second kappa shape index (κ2) is 9.62. The molecule has 5 nitrogen and oxygen atoms in total. The number of carbonyl (C=O) groups is 1. The number of amides is 1. The van der Waals surface area contributed by atoms with Crippen molar-refractivity contribution < 1.29 is 4.79 Å². The van der Waals surface area contributed by atoms with Gasteiger partial charge in [-0.2, -0.15) is 0 Å². The van der Waals surface area contributed by atoms with Crippen LogP contribution in [0.1, 0.15) is 22.5 Å². The van der Waals surface area contributed by atoms with E-state index >= 15 is 0 Å². The number of nitrogens with one attached hydrogen (secondary N) is 1. The van der Waals surface area contributed by atoms with Gasteiger partial charge in [0.2, 0.25) is 5.91 Å². The van der Waals surface area contributed by atoms with E-state index in [4.69, 9.17) is 0 Å². The van der Waals surface area contributed by atoms with Gasteiger partial charge in [-0.15, -0.1) is 10.2 Å². The minimum Gasteiger partial charge on any atom is -0.325 e. The van der Waals surface area contributed by atoms with E-state index in [0.717, 1.165) is 29.2 Å². The van der Waals surface area contributed by atoms with Crippen molar-refractivity contribution in [2.75, 3.05) is 11.1 Å². The first-order valence-corrected chi connectivity index (χ1v) is 11.1. The number of nitrogens with zero attached hydrogens (tertiary/aromatic N) is 3. The third-order valence-electron chi connectivity index (χ3n) is 4.95. The van der Waals surface area contributed by atoms with Gasteiger partial charge in [-0.3, -0.25) is 9.36 Å². The molecule has 0 radical (unpaired) electrons.